The average molecular weight is 332 g/mol. The minimum absolute atomic E-state index is 0.234. The van der Waals surface area contributed by atoms with Crippen LogP contribution in [0.25, 0.3) is 0 Å². The molecule has 0 heterocycles. The second-order valence-electron chi connectivity index (χ2n) is 5.25. The Kier molecular flexibility index (Phi) is 6.82. The molecule has 0 radical (unpaired) electrons. The molecule has 0 unspecified atom stereocenters. The maximum atomic E-state index is 12.3. The van der Waals surface area contributed by atoms with Crippen LogP contribution in [0.15, 0.2) is 12.1 Å². The van der Waals surface area contributed by atoms with Crippen LogP contribution in [-0.2, 0) is 0 Å². The van der Waals surface area contributed by atoms with Gasteiger partial charge in [0.25, 0.3) is 5.91 Å². The van der Waals surface area contributed by atoms with E-state index >= 15 is 0 Å². The number of carbonyl (C=O) groups excluding carboxylic acids is 1. The van der Waals surface area contributed by atoms with Crippen molar-refractivity contribution in [1.29, 1.82) is 0 Å². The second-order valence-corrected chi connectivity index (χ2v) is 6.03. The van der Waals surface area contributed by atoms with Gasteiger partial charge in [-0.15, -0.1) is 0 Å². The molecule has 1 rings (SSSR count). The van der Waals surface area contributed by atoms with Crippen LogP contribution in [0.1, 0.15) is 57.3 Å². The van der Waals surface area contributed by atoms with E-state index in [9.17, 15) is 4.79 Å². The molecule has 5 heteroatoms. The molecule has 1 amide bonds. The molecule has 3 nitrogen and oxygen atoms in total. The van der Waals surface area contributed by atoms with Crippen LogP contribution in [0, 0.1) is 0 Å². The number of benzene rings is 1. The van der Waals surface area contributed by atoms with Gasteiger partial charge in [0.2, 0.25) is 0 Å². The molecular weight excluding hydrogens is 309 g/mol. The van der Waals surface area contributed by atoms with E-state index in [2.05, 4.69) is 19.2 Å². The Balaban J connectivity index is 3.20. The van der Waals surface area contributed by atoms with Crippen LogP contribution in [0.2, 0.25) is 10.0 Å². The third-order valence-corrected chi connectivity index (χ3v) is 4.48. The molecule has 21 heavy (non-hydrogen) atoms. The fraction of sp³-hybridized carbons (Fsp3) is 0.562. The molecule has 0 aliphatic heterocycles. The van der Waals surface area contributed by atoms with Gasteiger partial charge in [-0.3, -0.25) is 4.79 Å². The third-order valence-electron chi connectivity index (χ3n) is 3.67. The van der Waals surface area contributed by atoms with E-state index in [1.165, 1.54) is 0 Å². The number of halogens is 2. The van der Waals surface area contributed by atoms with Crippen LogP contribution >= 0.6 is 23.2 Å². The Labute approximate surface area is 137 Å². The van der Waals surface area contributed by atoms with Gasteiger partial charge in [-0.05, 0) is 38.3 Å². The highest BCUT2D eigenvalue weighted by molar-refractivity contribution is 6.44. The van der Waals surface area contributed by atoms with Crippen molar-refractivity contribution in [3.63, 3.8) is 0 Å². The van der Waals surface area contributed by atoms with Gasteiger partial charge in [0.05, 0.1) is 10.0 Å². The quantitative estimate of drug-likeness (QED) is 0.755. The number of rotatable bonds is 7. The van der Waals surface area contributed by atoms with Gasteiger partial charge in [-0.25, -0.2) is 0 Å². The van der Waals surface area contributed by atoms with E-state index in [1.807, 2.05) is 13.8 Å². The Hall–Kier alpha value is -0.930. The minimum atomic E-state index is -0.336. The van der Waals surface area contributed by atoms with Crippen LogP contribution in [-0.4, -0.2) is 18.1 Å². The monoisotopic (exact) mass is 331 g/mol. The van der Waals surface area contributed by atoms with Gasteiger partial charge in [0.1, 0.15) is 16.9 Å². The highest BCUT2D eigenvalue weighted by Gasteiger charge is 2.26. The molecular formula is C16H23Cl2NO2. The molecule has 0 saturated heterocycles. The third kappa shape index (κ3) is 4.52. The molecule has 1 aromatic carbocycles. The number of hydrogen-bond acceptors (Lipinski definition) is 2. The average Bonchev–Trinajstić information content (AvgIpc) is 2.48. The lowest BCUT2D eigenvalue weighted by atomic mass is 9.99. The van der Waals surface area contributed by atoms with Crippen LogP contribution in [0.4, 0.5) is 0 Å². The fourth-order valence-electron chi connectivity index (χ4n) is 1.82. The second kappa shape index (κ2) is 7.90. The predicted molar refractivity (Wildman–Crippen MR) is 88.7 cm³/mol. The van der Waals surface area contributed by atoms with Crippen molar-refractivity contribution in [2.75, 3.05) is 6.54 Å². The SMILES string of the molecule is CCCNC(=O)c1c(OC(C)(CC)CC)ccc(Cl)c1Cl. The number of ether oxygens (including phenoxy) is 1. The largest absolute Gasteiger partial charge is 0.487 e. The van der Waals surface area contributed by atoms with E-state index < -0.39 is 0 Å². The molecule has 0 fully saturated rings. The van der Waals surface area contributed by atoms with E-state index in [4.69, 9.17) is 27.9 Å². The Morgan fingerprint density at radius 2 is 1.86 bits per heavy atom. The van der Waals surface area contributed by atoms with Crippen molar-refractivity contribution in [3.05, 3.63) is 27.7 Å². The van der Waals surface area contributed by atoms with Crippen molar-refractivity contribution < 1.29 is 9.53 Å². The molecule has 0 atom stereocenters. The summed E-state index contributed by atoms with van der Waals surface area (Å²) in [7, 11) is 0. The van der Waals surface area contributed by atoms with Gasteiger partial charge < -0.3 is 10.1 Å². The fourth-order valence-corrected chi connectivity index (χ4v) is 2.22. The van der Waals surface area contributed by atoms with Gasteiger partial charge in [-0.2, -0.15) is 0 Å². The molecule has 0 saturated carbocycles. The number of nitrogens with one attached hydrogen (secondary N) is 1. The first-order valence-corrected chi connectivity index (χ1v) is 8.09. The van der Waals surface area contributed by atoms with E-state index in [1.54, 1.807) is 12.1 Å². The summed E-state index contributed by atoms with van der Waals surface area (Å²) in [5.41, 5.74) is -0.0255. The molecule has 118 valence electrons. The molecule has 0 aliphatic rings. The maximum Gasteiger partial charge on any atom is 0.256 e. The van der Waals surface area contributed by atoms with E-state index in [-0.39, 0.29) is 16.5 Å². The first kappa shape index (κ1) is 18.1. The van der Waals surface area contributed by atoms with Crippen molar-refractivity contribution in [1.82, 2.24) is 5.32 Å². The summed E-state index contributed by atoms with van der Waals surface area (Å²) >= 11 is 12.3. The van der Waals surface area contributed by atoms with Gasteiger partial charge in [-0.1, -0.05) is 44.0 Å². The minimum Gasteiger partial charge on any atom is -0.487 e. The summed E-state index contributed by atoms with van der Waals surface area (Å²) in [6.45, 7) is 8.70. The molecule has 1 N–H and O–H groups in total. The normalized spacial score (nSPS) is 11.3. The summed E-state index contributed by atoms with van der Waals surface area (Å²) in [5, 5.41) is 3.40. The number of hydrogen-bond donors (Lipinski definition) is 1. The van der Waals surface area contributed by atoms with Crippen LogP contribution < -0.4 is 10.1 Å². The van der Waals surface area contributed by atoms with Crippen molar-refractivity contribution >= 4 is 29.1 Å². The number of amides is 1. The smallest absolute Gasteiger partial charge is 0.256 e. The summed E-state index contributed by atoms with van der Waals surface area (Å²) in [5.74, 6) is 0.220. The predicted octanol–water partition coefficient (Wildman–Crippen LogP) is 5.09. The van der Waals surface area contributed by atoms with Crippen molar-refractivity contribution in [2.24, 2.45) is 0 Å². The molecule has 0 spiro atoms. The van der Waals surface area contributed by atoms with Crippen molar-refractivity contribution in [3.8, 4) is 5.75 Å². The summed E-state index contributed by atoms with van der Waals surface area (Å²) < 4.78 is 6.06. The van der Waals surface area contributed by atoms with Gasteiger partial charge in [0, 0.05) is 6.54 Å². The van der Waals surface area contributed by atoms with Crippen LogP contribution in [0.5, 0.6) is 5.75 Å². The number of carbonyl (C=O) groups is 1. The zero-order valence-electron chi connectivity index (χ0n) is 13.1. The summed E-state index contributed by atoms with van der Waals surface area (Å²) in [6.07, 6.45) is 2.52. The van der Waals surface area contributed by atoms with E-state index in [0.29, 0.717) is 22.9 Å². The zero-order chi connectivity index (χ0) is 16.0. The van der Waals surface area contributed by atoms with E-state index in [0.717, 1.165) is 19.3 Å². The lowest BCUT2D eigenvalue weighted by molar-refractivity contribution is 0.0765. The molecule has 1 aromatic rings. The summed E-state index contributed by atoms with van der Waals surface area (Å²) in [6, 6.07) is 3.36. The summed E-state index contributed by atoms with van der Waals surface area (Å²) in [4.78, 5) is 12.3. The lowest BCUT2D eigenvalue weighted by Crippen LogP contribution is -2.32. The van der Waals surface area contributed by atoms with Gasteiger partial charge in [0.15, 0.2) is 0 Å². The topological polar surface area (TPSA) is 38.3 Å². The Morgan fingerprint density at radius 1 is 1.24 bits per heavy atom. The lowest BCUT2D eigenvalue weighted by Gasteiger charge is -2.29. The first-order chi connectivity index (χ1) is 9.88. The van der Waals surface area contributed by atoms with Crippen LogP contribution in [0.3, 0.4) is 0 Å². The highest BCUT2D eigenvalue weighted by Crippen LogP contribution is 2.35. The Morgan fingerprint density at radius 3 is 2.38 bits per heavy atom. The Bertz CT molecular complexity index is 499. The highest BCUT2D eigenvalue weighted by atomic mass is 35.5. The van der Waals surface area contributed by atoms with Crippen molar-refractivity contribution in [2.45, 2.75) is 52.6 Å². The molecule has 0 bridgehead atoms. The molecule has 0 aromatic heterocycles. The standard InChI is InChI=1S/C16H23Cl2NO2/c1-5-10-19-15(20)13-12(9-8-11(17)14(13)18)21-16(4,6-2)7-3/h8-9H,5-7,10H2,1-4H3,(H,19,20). The van der Waals surface area contributed by atoms with Gasteiger partial charge >= 0.3 is 0 Å². The zero-order valence-corrected chi connectivity index (χ0v) is 14.6. The molecule has 0 aliphatic carbocycles. The maximum absolute atomic E-state index is 12.3. The first-order valence-electron chi connectivity index (χ1n) is 7.33.